The van der Waals surface area contributed by atoms with Crippen molar-refractivity contribution in [1.82, 2.24) is 5.32 Å². The second kappa shape index (κ2) is 8.64. The number of benzene rings is 1. The van der Waals surface area contributed by atoms with Gasteiger partial charge >= 0.3 is 0 Å². The third-order valence-corrected chi connectivity index (χ3v) is 3.00. The summed E-state index contributed by atoms with van der Waals surface area (Å²) in [7, 11) is 0. The quantitative estimate of drug-likeness (QED) is 0.709. The molecule has 0 heterocycles. The first-order chi connectivity index (χ1) is 9.13. The molecule has 1 atom stereocenters. The number of carbonyl (C=O) groups is 1. The molecule has 0 fully saturated rings. The number of unbranched alkanes of at least 4 members (excludes halogenated alkanes) is 2. The average molecular weight is 266 g/mol. The number of hydrogen-bond acceptors (Lipinski definition) is 2. The topological polar surface area (TPSA) is 41.1 Å². The normalized spacial score (nSPS) is 12.2. The predicted octanol–water partition coefficient (Wildman–Crippen LogP) is 3.32. The summed E-state index contributed by atoms with van der Waals surface area (Å²) in [6.45, 7) is 4.44. The van der Waals surface area contributed by atoms with Crippen LogP contribution in [0.5, 0.6) is 0 Å². The number of halogens is 1. The van der Waals surface area contributed by atoms with Gasteiger partial charge in [0.2, 0.25) is 5.91 Å². The van der Waals surface area contributed by atoms with Gasteiger partial charge in [0.05, 0.1) is 12.2 Å². The number of anilines is 1. The molecule has 0 aromatic heterocycles. The Labute approximate surface area is 114 Å². The summed E-state index contributed by atoms with van der Waals surface area (Å²) < 4.78 is 13.3. The maximum absolute atomic E-state index is 13.3. The molecule has 0 saturated carbocycles. The molecular weight excluding hydrogens is 243 g/mol. The van der Waals surface area contributed by atoms with Crippen LogP contribution in [0.25, 0.3) is 0 Å². The van der Waals surface area contributed by atoms with Crippen molar-refractivity contribution in [2.45, 2.75) is 45.6 Å². The molecule has 1 aromatic rings. The number of nitrogens with one attached hydrogen (secondary N) is 2. The van der Waals surface area contributed by atoms with Crippen LogP contribution in [-0.2, 0) is 4.79 Å². The molecule has 1 unspecified atom stereocenters. The van der Waals surface area contributed by atoms with Crippen LogP contribution in [0.1, 0.15) is 39.5 Å². The monoisotopic (exact) mass is 266 g/mol. The van der Waals surface area contributed by atoms with E-state index in [2.05, 4.69) is 24.5 Å². The van der Waals surface area contributed by atoms with E-state index in [9.17, 15) is 9.18 Å². The fourth-order valence-corrected chi connectivity index (χ4v) is 1.83. The van der Waals surface area contributed by atoms with E-state index >= 15 is 0 Å². The molecule has 3 nitrogen and oxygen atoms in total. The largest absolute Gasteiger partial charge is 0.322 e. The Morgan fingerprint density at radius 1 is 1.32 bits per heavy atom. The molecule has 0 radical (unpaired) electrons. The van der Waals surface area contributed by atoms with Crippen molar-refractivity contribution in [3.63, 3.8) is 0 Å². The molecule has 0 aliphatic heterocycles. The molecule has 2 N–H and O–H groups in total. The summed E-state index contributed by atoms with van der Waals surface area (Å²) in [5.41, 5.74) is 0.230. The molecule has 1 aromatic carbocycles. The third kappa shape index (κ3) is 6.34. The highest BCUT2D eigenvalue weighted by atomic mass is 19.1. The maximum atomic E-state index is 13.3. The molecule has 0 aliphatic rings. The van der Waals surface area contributed by atoms with Crippen molar-refractivity contribution in [3.8, 4) is 0 Å². The molecule has 1 amide bonds. The molecule has 0 aliphatic carbocycles. The SMILES string of the molecule is CCCCCC(C)NCC(=O)Nc1ccccc1F. The minimum atomic E-state index is -0.410. The van der Waals surface area contributed by atoms with E-state index in [1.165, 1.54) is 25.3 Å². The van der Waals surface area contributed by atoms with Gasteiger partial charge < -0.3 is 10.6 Å². The second-order valence-corrected chi connectivity index (χ2v) is 4.81. The summed E-state index contributed by atoms with van der Waals surface area (Å²) in [6, 6.07) is 6.48. The Balaban J connectivity index is 2.26. The lowest BCUT2D eigenvalue weighted by Crippen LogP contribution is -2.34. The zero-order chi connectivity index (χ0) is 14.1. The van der Waals surface area contributed by atoms with Gasteiger partial charge in [0.25, 0.3) is 0 Å². The number of amides is 1. The van der Waals surface area contributed by atoms with E-state index in [4.69, 9.17) is 0 Å². The van der Waals surface area contributed by atoms with E-state index < -0.39 is 5.82 Å². The number of carbonyl (C=O) groups excluding carboxylic acids is 1. The van der Waals surface area contributed by atoms with Crippen LogP contribution in [0.2, 0.25) is 0 Å². The summed E-state index contributed by atoms with van der Waals surface area (Å²) in [6.07, 6.45) is 4.63. The number of rotatable bonds is 8. The van der Waals surface area contributed by atoms with Crippen molar-refractivity contribution in [3.05, 3.63) is 30.1 Å². The second-order valence-electron chi connectivity index (χ2n) is 4.81. The smallest absolute Gasteiger partial charge is 0.238 e. The number of para-hydroxylation sites is 1. The Kier molecular flexibility index (Phi) is 7.11. The van der Waals surface area contributed by atoms with Crippen LogP contribution < -0.4 is 10.6 Å². The Morgan fingerprint density at radius 3 is 2.74 bits per heavy atom. The van der Waals surface area contributed by atoms with Gasteiger partial charge in [-0.1, -0.05) is 38.3 Å². The van der Waals surface area contributed by atoms with E-state index in [-0.39, 0.29) is 18.1 Å². The van der Waals surface area contributed by atoms with Crippen LogP contribution in [0.4, 0.5) is 10.1 Å². The lowest BCUT2D eigenvalue weighted by atomic mass is 10.1. The lowest BCUT2D eigenvalue weighted by Gasteiger charge is -2.13. The minimum absolute atomic E-state index is 0.210. The Bertz CT molecular complexity index is 395. The molecule has 4 heteroatoms. The highest BCUT2D eigenvalue weighted by molar-refractivity contribution is 5.92. The van der Waals surface area contributed by atoms with Gasteiger partial charge in [-0.25, -0.2) is 4.39 Å². The summed E-state index contributed by atoms with van der Waals surface area (Å²) >= 11 is 0. The van der Waals surface area contributed by atoms with E-state index in [1.807, 2.05) is 0 Å². The average Bonchev–Trinajstić information content (AvgIpc) is 2.39. The first-order valence-corrected chi connectivity index (χ1v) is 6.91. The van der Waals surface area contributed by atoms with Gasteiger partial charge in [-0.2, -0.15) is 0 Å². The highest BCUT2D eigenvalue weighted by Crippen LogP contribution is 2.11. The van der Waals surface area contributed by atoms with Gasteiger partial charge in [0.15, 0.2) is 0 Å². The predicted molar refractivity (Wildman–Crippen MR) is 76.6 cm³/mol. The molecule has 0 bridgehead atoms. The summed E-state index contributed by atoms with van der Waals surface area (Å²) in [5, 5.41) is 5.70. The summed E-state index contributed by atoms with van der Waals surface area (Å²) in [5.74, 6) is -0.626. The fourth-order valence-electron chi connectivity index (χ4n) is 1.83. The molecule has 19 heavy (non-hydrogen) atoms. The van der Waals surface area contributed by atoms with Crippen LogP contribution in [0, 0.1) is 5.82 Å². The van der Waals surface area contributed by atoms with Gasteiger partial charge in [0, 0.05) is 6.04 Å². The molecule has 0 spiro atoms. The summed E-state index contributed by atoms with van der Waals surface area (Å²) in [4.78, 5) is 11.7. The zero-order valence-corrected chi connectivity index (χ0v) is 11.7. The van der Waals surface area contributed by atoms with Gasteiger partial charge in [-0.05, 0) is 25.5 Å². The minimum Gasteiger partial charge on any atom is -0.322 e. The van der Waals surface area contributed by atoms with Crippen LogP contribution in [-0.4, -0.2) is 18.5 Å². The zero-order valence-electron chi connectivity index (χ0n) is 11.7. The molecular formula is C15H23FN2O. The van der Waals surface area contributed by atoms with E-state index in [0.29, 0.717) is 6.04 Å². The van der Waals surface area contributed by atoms with Crippen molar-refractivity contribution >= 4 is 11.6 Å². The van der Waals surface area contributed by atoms with Gasteiger partial charge in [-0.15, -0.1) is 0 Å². The van der Waals surface area contributed by atoms with E-state index in [0.717, 1.165) is 6.42 Å². The van der Waals surface area contributed by atoms with Crippen LogP contribution in [0.3, 0.4) is 0 Å². The van der Waals surface area contributed by atoms with E-state index in [1.54, 1.807) is 18.2 Å². The van der Waals surface area contributed by atoms with Crippen molar-refractivity contribution < 1.29 is 9.18 Å². The molecule has 106 valence electrons. The third-order valence-electron chi connectivity index (χ3n) is 3.00. The van der Waals surface area contributed by atoms with Crippen molar-refractivity contribution in [2.24, 2.45) is 0 Å². The number of hydrogen-bond donors (Lipinski definition) is 2. The maximum Gasteiger partial charge on any atom is 0.238 e. The highest BCUT2D eigenvalue weighted by Gasteiger charge is 2.07. The van der Waals surface area contributed by atoms with Gasteiger partial charge in [0.1, 0.15) is 5.82 Å². The van der Waals surface area contributed by atoms with Crippen molar-refractivity contribution in [2.75, 3.05) is 11.9 Å². The molecule has 0 saturated heterocycles. The van der Waals surface area contributed by atoms with Crippen LogP contribution >= 0.6 is 0 Å². The lowest BCUT2D eigenvalue weighted by molar-refractivity contribution is -0.115. The van der Waals surface area contributed by atoms with Crippen LogP contribution in [0.15, 0.2) is 24.3 Å². The van der Waals surface area contributed by atoms with Crippen molar-refractivity contribution in [1.29, 1.82) is 0 Å². The standard InChI is InChI=1S/C15H23FN2O/c1-3-4-5-8-12(2)17-11-15(19)18-14-10-7-6-9-13(14)16/h6-7,9-10,12,17H,3-5,8,11H2,1-2H3,(H,18,19). The van der Waals surface area contributed by atoms with Gasteiger partial charge in [-0.3, -0.25) is 4.79 Å². The first kappa shape index (κ1) is 15.6. The Morgan fingerprint density at radius 2 is 2.05 bits per heavy atom. The fraction of sp³-hybridized carbons (Fsp3) is 0.533. The Hall–Kier alpha value is -1.42. The first-order valence-electron chi connectivity index (χ1n) is 6.91. The molecule has 1 rings (SSSR count).